The molecule has 6 rings (SSSR count). The number of halogens is 1. The third-order valence-corrected chi connectivity index (χ3v) is 7.77. The van der Waals surface area contributed by atoms with Gasteiger partial charge in [0.15, 0.2) is 11.6 Å². The van der Waals surface area contributed by atoms with Gasteiger partial charge in [-0.25, -0.2) is 4.39 Å². The predicted octanol–water partition coefficient (Wildman–Crippen LogP) is 3.69. The topological polar surface area (TPSA) is 32.8 Å². The van der Waals surface area contributed by atoms with Crippen molar-refractivity contribution in [3.05, 3.63) is 29.6 Å². The number of ether oxygens (including phenoxy) is 1. The highest BCUT2D eigenvalue weighted by Gasteiger charge is 2.55. The second-order valence-electron chi connectivity index (χ2n) is 9.74. The predicted molar refractivity (Wildman–Crippen MR) is 105 cm³/mol. The summed E-state index contributed by atoms with van der Waals surface area (Å²) in [6.45, 7) is 4.07. The van der Waals surface area contributed by atoms with Crippen LogP contribution >= 0.6 is 0 Å². The maximum absolute atomic E-state index is 13.9. The van der Waals surface area contributed by atoms with Gasteiger partial charge in [-0.3, -0.25) is 9.69 Å². The minimum atomic E-state index is -0.310. The average molecular weight is 387 g/mol. The first-order chi connectivity index (χ1) is 13.5. The van der Waals surface area contributed by atoms with Gasteiger partial charge in [-0.2, -0.15) is 0 Å². The lowest BCUT2D eigenvalue weighted by Crippen LogP contribution is -2.58. The summed E-state index contributed by atoms with van der Waals surface area (Å²) in [6, 6.07) is 5.18. The molecule has 4 aliphatic carbocycles. The molecule has 1 aliphatic heterocycles. The number of rotatable bonds is 4. The zero-order valence-electron chi connectivity index (χ0n) is 16.8. The van der Waals surface area contributed by atoms with Crippen LogP contribution in [0.25, 0.3) is 0 Å². The van der Waals surface area contributed by atoms with Crippen molar-refractivity contribution < 1.29 is 13.9 Å². The largest absolute Gasteiger partial charge is 0.494 e. The minimum Gasteiger partial charge on any atom is -0.494 e. The van der Waals surface area contributed by atoms with Gasteiger partial charge in [-0.1, -0.05) is 6.07 Å². The average Bonchev–Trinajstić information content (AvgIpc) is 2.67. The molecule has 0 spiro atoms. The number of carbonyl (C=O) groups excluding carboxylic acids is 1. The first-order valence-electron chi connectivity index (χ1n) is 10.9. The standard InChI is InChI=1S/C23H31FN2O2/c1-28-21-3-2-16(11-20(21)24)15-25-4-6-26(7-5-25)22(27)23-12-17-8-18(13-23)10-19(9-17)14-23/h2-3,11,17-19H,4-10,12-15H2,1H3. The van der Waals surface area contributed by atoms with Crippen LogP contribution in [0, 0.1) is 29.0 Å². The molecule has 0 radical (unpaired) electrons. The maximum Gasteiger partial charge on any atom is 0.228 e. The SMILES string of the molecule is COc1ccc(CN2CCN(C(=O)C34CC5CC(CC(C5)C3)C4)CC2)cc1F. The molecule has 5 fully saturated rings. The quantitative estimate of drug-likeness (QED) is 0.791. The third-order valence-electron chi connectivity index (χ3n) is 7.77. The van der Waals surface area contributed by atoms with Crippen molar-refractivity contribution in [2.75, 3.05) is 33.3 Å². The van der Waals surface area contributed by atoms with Crippen LogP contribution in [0.2, 0.25) is 0 Å². The molecule has 28 heavy (non-hydrogen) atoms. The third kappa shape index (κ3) is 3.22. The molecule has 4 nitrogen and oxygen atoms in total. The molecule has 0 aromatic heterocycles. The minimum absolute atomic E-state index is 0.0317. The fourth-order valence-corrected chi connectivity index (χ4v) is 6.88. The van der Waals surface area contributed by atoms with E-state index in [-0.39, 0.29) is 17.0 Å². The Morgan fingerprint density at radius 3 is 2.21 bits per heavy atom. The Kier molecular flexibility index (Phi) is 4.61. The number of methoxy groups -OCH3 is 1. The van der Waals surface area contributed by atoms with E-state index in [2.05, 4.69) is 9.80 Å². The number of nitrogens with zero attached hydrogens (tertiary/aromatic N) is 2. The lowest BCUT2D eigenvalue weighted by molar-refractivity contribution is -0.159. The number of piperazine rings is 1. The Morgan fingerprint density at radius 2 is 1.68 bits per heavy atom. The summed E-state index contributed by atoms with van der Waals surface area (Å²) in [5.41, 5.74) is 0.926. The molecule has 1 heterocycles. The van der Waals surface area contributed by atoms with Crippen molar-refractivity contribution in [1.29, 1.82) is 0 Å². The van der Waals surface area contributed by atoms with E-state index >= 15 is 0 Å². The first kappa shape index (κ1) is 18.4. The first-order valence-corrected chi connectivity index (χ1v) is 10.9. The number of benzene rings is 1. The molecule has 4 saturated carbocycles. The summed E-state index contributed by atoms with van der Waals surface area (Å²) < 4.78 is 18.9. The highest BCUT2D eigenvalue weighted by atomic mass is 19.1. The Balaban J connectivity index is 1.19. The van der Waals surface area contributed by atoms with Gasteiger partial charge in [0.25, 0.3) is 0 Å². The molecule has 0 N–H and O–H groups in total. The van der Waals surface area contributed by atoms with Gasteiger partial charge in [0.2, 0.25) is 5.91 Å². The Labute approximate surface area is 167 Å². The van der Waals surface area contributed by atoms with Crippen LogP contribution in [0.1, 0.15) is 44.1 Å². The molecule has 5 aliphatic rings. The summed E-state index contributed by atoms with van der Waals surface area (Å²) in [5.74, 6) is 2.84. The summed E-state index contributed by atoms with van der Waals surface area (Å²) >= 11 is 0. The van der Waals surface area contributed by atoms with Crippen LogP contribution in [-0.2, 0) is 11.3 Å². The van der Waals surface area contributed by atoms with E-state index < -0.39 is 0 Å². The molecule has 1 aromatic rings. The highest BCUT2D eigenvalue weighted by molar-refractivity contribution is 5.83. The van der Waals surface area contributed by atoms with Gasteiger partial charge in [-0.15, -0.1) is 0 Å². The van der Waals surface area contributed by atoms with Crippen molar-refractivity contribution >= 4 is 5.91 Å². The molecule has 1 amide bonds. The second kappa shape index (κ2) is 7.01. The fraction of sp³-hybridized carbons (Fsp3) is 0.696. The lowest BCUT2D eigenvalue weighted by Gasteiger charge is -2.57. The Bertz CT molecular complexity index is 722. The molecule has 152 valence electrons. The molecule has 0 atom stereocenters. The van der Waals surface area contributed by atoms with Gasteiger partial charge in [0, 0.05) is 32.7 Å². The van der Waals surface area contributed by atoms with Crippen LogP contribution in [-0.4, -0.2) is 49.0 Å². The van der Waals surface area contributed by atoms with Crippen LogP contribution in [0.4, 0.5) is 4.39 Å². The fourth-order valence-electron chi connectivity index (χ4n) is 6.88. The van der Waals surface area contributed by atoms with Crippen molar-refractivity contribution in [2.24, 2.45) is 23.2 Å². The van der Waals surface area contributed by atoms with Crippen LogP contribution < -0.4 is 4.74 Å². The van der Waals surface area contributed by atoms with E-state index in [9.17, 15) is 9.18 Å². The van der Waals surface area contributed by atoms with Gasteiger partial charge in [-0.05, 0) is 74.0 Å². The monoisotopic (exact) mass is 386 g/mol. The number of amides is 1. The lowest BCUT2D eigenvalue weighted by atomic mass is 9.49. The van der Waals surface area contributed by atoms with Crippen LogP contribution in [0.3, 0.4) is 0 Å². The highest BCUT2D eigenvalue weighted by Crippen LogP contribution is 2.60. The van der Waals surface area contributed by atoms with E-state index in [1.54, 1.807) is 12.1 Å². The van der Waals surface area contributed by atoms with E-state index in [0.717, 1.165) is 75.3 Å². The van der Waals surface area contributed by atoms with E-state index in [0.29, 0.717) is 5.91 Å². The number of carbonyl (C=O) groups is 1. The van der Waals surface area contributed by atoms with Crippen molar-refractivity contribution in [1.82, 2.24) is 9.80 Å². The molecule has 5 heteroatoms. The van der Waals surface area contributed by atoms with Crippen molar-refractivity contribution in [3.8, 4) is 5.75 Å². The van der Waals surface area contributed by atoms with E-state index in [1.165, 1.54) is 26.4 Å². The van der Waals surface area contributed by atoms with Crippen molar-refractivity contribution in [2.45, 2.75) is 45.1 Å². The number of hydrogen-bond acceptors (Lipinski definition) is 3. The summed E-state index contributed by atoms with van der Waals surface area (Å²) in [6.07, 6.45) is 7.55. The Morgan fingerprint density at radius 1 is 1.07 bits per heavy atom. The summed E-state index contributed by atoms with van der Waals surface area (Å²) in [4.78, 5) is 17.9. The molecule has 0 unspecified atom stereocenters. The Hall–Kier alpha value is -1.62. The van der Waals surface area contributed by atoms with Crippen molar-refractivity contribution in [3.63, 3.8) is 0 Å². The molecular formula is C23H31FN2O2. The van der Waals surface area contributed by atoms with Crippen LogP contribution in [0.15, 0.2) is 18.2 Å². The molecular weight excluding hydrogens is 355 g/mol. The normalized spacial score (nSPS) is 34.6. The van der Waals surface area contributed by atoms with Gasteiger partial charge in [0.1, 0.15) is 0 Å². The summed E-state index contributed by atoms with van der Waals surface area (Å²) in [5, 5.41) is 0. The smallest absolute Gasteiger partial charge is 0.228 e. The van der Waals surface area contributed by atoms with Crippen LogP contribution in [0.5, 0.6) is 5.75 Å². The zero-order valence-corrected chi connectivity index (χ0v) is 16.8. The zero-order chi connectivity index (χ0) is 19.3. The van der Waals surface area contributed by atoms with E-state index in [1.807, 2.05) is 6.07 Å². The second-order valence-corrected chi connectivity index (χ2v) is 9.74. The van der Waals surface area contributed by atoms with Gasteiger partial charge in [0.05, 0.1) is 12.5 Å². The van der Waals surface area contributed by atoms with E-state index in [4.69, 9.17) is 4.74 Å². The number of hydrogen-bond donors (Lipinski definition) is 0. The molecule has 1 aromatic carbocycles. The molecule has 4 bridgehead atoms. The maximum atomic E-state index is 13.9. The van der Waals surface area contributed by atoms with Gasteiger partial charge < -0.3 is 9.64 Å². The van der Waals surface area contributed by atoms with Gasteiger partial charge >= 0.3 is 0 Å². The summed E-state index contributed by atoms with van der Waals surface area (Å²) in [7, 11) is 1.48. The molecule has 1 saturated heterocycles.